The fraction of sp³-hybridized carbons (Fsp3) is 0.136. The number of nitrogens with zero attached hydrogens (tertiary/aromatic N) is 2. The summed E-state index contributed by atoms with van der Waals surface area (Å²) in [5, 5.41) is 54.6. The molecular formula is C44H41N5O12. The molecular weight excluding hydrogens is 791 g/mol. The molecule has 6 aromatic rings. The normalized spacial score (nSPS) is 10.5. The number of aliphatic hydroxyl groups is 2. The van der Waals surface area contributed by atoms with E-state index in [1.807, 2.05) is 24.3 Å². The van der Waals surface area contributed by atoms with Crippen LogP contribution in [0, 0.1) is 0 Å². The largest absolute Gasteiger partial charge is 0.506 e. The second kappa shape index (κ2) is 21.1. The molecule has 6 rings (SSSR count). The zero-order chi connectivity index (χ0) is 44.8. The number of Topliss-reactive ketones (excluding diaryl/α,β-unsaturated/α-hetero) is 2. The topological polar surface area (TPSA) is 277 Å². The third-order valence-electron chi connectivity index (χ3n) is 8.52. The Morgan fingerprint density at radius 3 is 1.74 bits per heavy atom. The van der Waals surface area contributed by atoms with Gasteiger partial charge in [-0.2, -0.15) is 0 Å². The minimum atomic E-state index is -0.758. The number of ketones is 2. The number of nitrogens with two attached hydrogens (primary N) is 1. The molecule has 61 heavy (non-hydrogen) atoms. The van der Waals surface area contributed by atoms with Gasteiger partial charge in [-0.25, -0.2) is 9.59 Å². The summed E-state index contributed by atoms with van der Waals surface area (Å²) in [4.78, 5) is 68.6. The number of nitrogen functional groups attached to an aromatic ring is 1. The summed E-state index contributed by atoms with van der Waals surface area (Å²) in [5.74, 6) is -3.06. The van der Waals surface area contributed by atoms with Crippen LogP contribution in [0.25, 0.3) is 21.5 Å². The molecule has 0 spiro atoms. The number of fused-ring (bicyclic) bond motifs is 2. The molecule has 6 aromatic carbocycles. The van der Waals surface area contributed by atoms with Crippen LogP contribution < -0.4 is 16.4 Å². The van der Waals surface area contributed by atoms with Crippen LogP contribution >= 0.6 is 0 Å². The lowest BCUT2D eigenvalue weighted by molar-refractivity contribution is -0.115. The number of esters is 2. The molecule has 0 radical (unpaired) electrons. The van der Waals surface area contributed by atoms with Gasteiger partial charge in [0.15, 0.2) is 17.3 Å². The summed E-state index contributed by atoms with van der Waals surface area (Å²) in [6.07, 6.45) is 0. The Morgan fingerprint density at radius 1 is 0.607 bits per heavy atom. The number of aromatic hydroxyl groups is 2. The third-order valence-corrected chi connectivity index (χ3v) is 8.52. The Morgan fingerprint density at radius 2 is 1.15 bits per heavy atom. The fourth-order valence-corrected chi connectivity index (χ4v) is 5.63. The number of hydrogen-bond donors (Lipinski definition) is 7. The monoisotopic (exact) mass is 831 g/mol. The summed E-state index contributed by atoms with van der Waals surface area (Å²) in [5.41, 5.74) is 7.02. The van der Waals surface area contributed by atoms with Crippen LogP contribution in [0.2, 0.25) is 0 Å². The average Bonchev–Trinajstić information content (AvgIpc) is 3.25. The second-order valence-electron chi connectivity index (χ2n) is 12.8. The first-order valence-electron chi connectivity index (χ1n) is 18.0. The van der Waals surface area contributed by atoms with E-state index in [-0.39, 0.29) is 68.3 Å². The molecule has 0 unspecified atom stereocenters. The number of carbonyl (C=O) groups is 6. The Balaban J connectivity index is 0.000000227. The van der Waals surface area contributed by atoms with E-state index in [2.05, 4.69) is 30.3 Å². The van der Waals surface area contributed by atoms with Gasteiger partial charge in [-0.05, 0) is 64.7 Å². The van der Waals surface area contributed by atoms with E-state index in [1.165, 1.54) is 64.5 Å². The molecule has 314 valence electrons. The Bertz CT molecular complexity index is 2680. The number of aliphatic hydroxyl groups excluding tert-OH is 2. The van der Waals surface area contributed by atoms with Crippen molar-refractivity contribution in [1.29, 1.82) is 0 Å². The summed E-state index contributed by atoms with van der Waals surface area (Å²) in [6, 6.07) is 27.8. The minimum absolute atomic E-state index is 0.00959. The maximum atomic E-state index is 12.1. The molecule has 17 nitrogen and oxygen atoms in total. The van der Waals surface area contributed by atoms with Crippen LogP contribution in [0.5, 0.6) is 11.5 Å². The van der Waals surface area contributed by atoms with Gasteiger partial charge in [0.1, 0.15) is 24.7 Å². The molecule has 0 saturated heterocycles. The SMILES string of the molecule is CC(=O)Nc1cc2ccccc2cc1O.COC(=O)c1ccc(C(=O)CO)c(N=Nc2c(O)c(NC(C)=O)cc3ccccc23)c1.COC(=O)c1ccc(C(=O)CO)cc1N. The molecule has 0 heterocycles. The van der Waals surface area contributed by atoms with E-state index < -0.39 is 36.7 Å². The van der Waals surface area contributed by atoms with Crippen molar-refractivity contribution in [3.05, 3.63) is 125 Å². The van der Waals surface area contributed by atoms with E-state index in [4.69, 9.17) is 10.8 Å². The number of phenolic OH excluding ortho intramolecular Hbond substituents is 2. The number of phenols is 2. The second-order valence-corrected chi connectivity index (χ2v) is 12.8. The Kier molecular flexibility index (Phi) is 15.8. The van der Waals surface area contributed by atoms with Crippen LogP contribution in [0.1, 0.15) is 55.3 Å². The third kappa shape index (κ3) is 11.8. The Labute approximate surface area is 348 Å². The van der Waals surface area contributed by atoms with E-state index in [9.17, 15) is 44.1 Å². The maximum absolute atomic E-state index is 12.1. The Hall–Kier alpha value is -8.02. The van der Waals surface area contributed by atoms with Crippen molar-refractivity contribution >= 4 is 85.3 Å². The number of ether oxygens (including phenoxy) is 2. The highest BCUT2D eigenvalue weighted by molar-refractivity contribution is 6.05. The van der Waals surface area contributed by atoms with Crippen LogP contribution in [-0.2, 0) is 19.1 Å². The maximum Gasteiger partial charge on any atom is 0.339 e. The number of amides is 2. The van der Waals surface area contributed by atoms with Crippen LogP contribution in [0.3, 0.4) is 0 Å². The van der Waals surface area contributed by atoms with Gasteiger partial charge in [0.05, 0.1) is 42.4 Å². The van der Waals surface area contributed by atoms with Crippen molar-refractivity contribution in [3.8, 4) is 11.5 Å². The van der Waals surface area contributed by atoms with Gasteiger partial charge in [0, 0.05) is 36.0 Å². The molecule has 0 aliphatic heterocycles. The van der Waals surface area contributed by atoms with Gasteiger partial charge in [-0.15, -0.1) is 10.2 Å². The number of nitrogens with one attached hydrogen (secondary N) is 2. The number of anilines is 3. The molecule has 0 bridgehead atoms. The lowest BCUT2D eigenvalue weighted by atomic mass is 10.1. The lowest BCUT2D eigenvalue weighted by Gasteiger charge is -2.11. The number of benzene rings is 6. The highest BCUT2D eigenvalue weighted by Gasteiger charge is 2.18. The first kappa shape index (κ1) is 45.7. The van der Waals surface area contributed by atoms with Crippen molar-refractivity contribution in [2.45, 2.75) is 13.8 Å². The smallest absolute Gasteiger partial charge is 0.339 e. The van der Waals surface area contributed by atoms with E-state index in [0.29, 0.717) is 16.5 Å². The molecule has 2 amide bonds. The fourth-order valence-electron chi connectivity index (χ4n) is 5.63. The zero-order valence-electron chi connectivity index (χ0n) is 33.3. The van der Waals surface area contributed by atoms with Crippen LogP contribution in [-0.4, -0.2) is 83.2 Å². The number of azo groups is 1. The van der Waals surface area contributed by atoms with Gasteiger partial charge >= 0.3 is 11.9 Å². The molecule has 0 saturated carbocycles. The highest BCUT2D eigenvalue weighted by atomic mass is 16.5. The summed E-state index contributed by atoms with van der Waals surface area (Å²) in [7, 11) is 2.46. The summed E-state index contributed by atoms with van der Waals surface area (Å²) in [6.45, 7) is 1.37. The van der Waals surface area contributed by atoms with Crippen molar-refractivity contribution in [2.75, 3.05) is 43.8 Å². The summed E-state index contributed by atoms with van der Waals surface area (Å²) < 4.78 is 9.17. The van der Waals surface area contributed by atoms with Crippen molar-refractivity contribution in [3.63, 3.8) is 0 Å². The zero-order valence-corrected chi connectivity index (χ0v) is 33.3. The number of rotatable bonds is 10. The van der Waals surface area contributed by atoms with Gasteiger partial charge in [0.25, 0.3) is 0 Å². The van der Waals surface area contributed by atoms with E-state index in [0.717, 1.165) is 10.8 Å². The molecule has 0 aliphatic carbocycles. The van der Waals surface area contributed by atoms with Crippen molar-refractivity contribution in [2.24, 2.45) is 10.2 Å². The summed E-state index contributed by atoms with van der Waals surface area (Å²) >= 11 is 0. The van der Waals surface area contributed by atoms with Crippen molar-refractivity contribution < 1.29 is 58.7 Å². The predicted molar refractivity (Wildman–Crippen MR) is 227 cm³/mol. The molecule has 0 atom stereocenters. The predicted octanol–water partition coefficient (Wildman–Crippen LogP) is 6.62. The number of hydrogen-bond acceptors (Lipinski definition) is 15. The van der Waals surface area contributed by atoms with Gasteiger partial charge in [0.2, 0.25) is 11.8 Å². The number of carbonyl (C=O) groups excluding carboxylic acids is 6. The average molecular weight is 832 g/mol. The number of methoxy groups -OCH3 is 2. The molecule has 17 heteroatoms. The molecule has 0 fully saturated rings. The minimum Gasteiger partial charge on any atom is -0.506 e. The lowest BCUT2D eigenvalue weighted by Crippen LogP contribution is -2.09. The quantitative estimate of drug-likeness (QED) is 0.0252. The van der Waals surface area contributed by atoms with Crippen LogP contribution in [0.4, 0.5) is 28.4 Å². The first-order chi connectivity index (χ1) is 29.1. The van der Waals surface area contributed by atoms with E-state index in [1.54, 1.807) is 42.5 Å². The van der Waals surface area contributed by atoms with Gasteiger partial charge in [-0.1, -0.05) is 54.6 Å². The highest BCUT2D eigenvalue weighted by Crippen LogP contribution is 2.42. The van der Waals surface area contributed by atoms with Gasteiger partial charge < -0.3 is 46.3 Å². The van der Waals surface area contributed by atoms with Crippen molar-refractivity contribution in [1.82, 2.24) is 0 Å². The molecule has 0 aliphatic rings. The first-order valence-corrected chi connectivity index (χ1v) is 18.0. The standard InChI is InChI=1S/C22H19N3O6.C12H11NO2.C10H11NO4/c1-12(27)23-18-9-13-5-3-4-6-15(13)20(21(18)29)25-24-17-10-14(22(30)31-2)7-8-16(17)19(28)11-26;1-8(14)13-11-6-9-4-2-3-5-10(9)7-12(11)15;1-15-10(14)7-3-2-6(4-8(7)11)9(13)5-12/h3-10,26,29H,11H2,1-2H3,(H,23,27);2-7,15H,1H3,(H,13,14);2-4,12H,5,11H2,1H3. The molecule has 8 N–H and O–H groups in total. The van der Waals surface area contributed by atoms with Crippen LogP contribution in [0.15, 0.2) is 113 Å². The molecule has 0 aromatic heterocycles. The van der Waals surface area contributed by atoms with E-state index >= 15 is 0 Å². The van der Waals surface area contributed by atoms with Gasteiger partial charge in [-0.3, -0.25) is 19.2 Å².